The molecule has 2 heterocycles. The van der Waals surface area contributed by atoms with E-state index in [9.17, 15) is 9.59 Å². The standard InChI is InChI=1S/C10H9N5O2/c11-9(16)6-5-7(10(12)17)15(14-6)8-3-1-2-4-13-8/h1-5H,(H2,11,16)(H2,12,17). The van der Waals surface area contributed by atoms with E-state index in [4.69, 9.17) is 11.5 Å². The molecule has 0 bridgehead atoms. The van der Waals surface area contributed by atoms with Gasteiger partial charge in [0.25, 0.3) is 11.8 Å². The lowest BCUT2D eigenvalue weighted by molar-refractivity contribution is 0.0986. The molecule has 0 aliphatic carbocycles. The first-order valence-corrected chi connectivity index (χ1v) is 4.70. The van der Waals surface area contributed by atoms with Gasteiger partial charge in [-0.05, 0) is 12.1 Å². The van der Waals surface area contributed by atoms with Gasteiger partial charge >= 0.3 is 0 Å². The fourth-order valence-electron chi connectivity index (χ4n) is 1.33. The topological polar surface area (TPSA) is 117 Å². The summed E-state index contributed by atoms with van der Waals surface area (Å²) in [4.78, 5) is 26.2. The van der Waals surface area contributed by atoms with Crippen molar-refractivity contribution < 1.29 is 9.59 Å². The molecule has 2 amide bonds. The van der Waals surface area contributed by atoms with Gasteiger partial charge in [-0.2, -0.15) is 5.10 Å². The lowest BCUT2D eigenvalue weighted by Crippen LogP contribution is -2.17. The van der Waals surface area contributed by atoms with E-state index in [-0.39, 0.29) is 11.4 Å². The first-order valence-electron chi connectivity index (χ1n) is 4.70. The molecule has 4 N–H and O–H groups in total. The second-order valence-corrected chi connectivity index (χ2v) is 3.24. The highest BCUT2D eigenvalue weighted by atomic mass is 16.2. The Morgan fingerprint density at radius 1 is 1.18 bits per heavy atom. The fourth-order valence-corrected chi connectivity index (χ4v) is 1.33. The second-order valence-electron chi connectivity index (χ2n) is 3.24. The van der Waals surface area contributed by atoms with Crippen molar-refractivity contribution in [2.75, 3.05) is 0 Å². The molecule has 2 rings (SSSR count). The van der Waals surface area contributed by atoms with Crippen molar-refractivity contribution in [3.63, 3.8) is 0 Å². The van der Waals surface area contributed by atoms with Crippen LogP contribution in [0.3, 0.4) is 0 Å². The molecule has 17 heavy (non-hydrogen) atoms. The third-order valence-electron chi connectivity index (χ3n) is 2.08. The number of pyridine rings is 1. The Hall–Kier alpha value is -2.70. The molecule has 86 valence electrons. The third kappa shape index (κ3) is 1.98. The van der Waals surface area contributed by atoms with Crippen LogP contribution in [0.2, 0.25) is 0 Å². The molecule has 0 atom stereocenters. The summed E-state index contributed by atoms with van der Waals surface area (Å²) >= 11 is 0. The Morgan fingerprint density at radius 2 is 1.94 bits per heavy atom. The van der Waals surface area contributed by atoms with Gasteiger partial charge < -0.3 is 11.5 Å². The maximum atomic E-state index is 11.2. The van der Waals surface area contributed by atoms with E-state index in [0.29, 0.717) is 5.82 Å². The van der Waals surface area contributed by atoms with Gasteiger partial charge in [-0.3, -0.25) is 9.59 Å². The van der Waals surface area contributed by atoms with Crippen LogP contribution in [0.1, 0.15) is 21.0 Å². The van der Waals surface area contributed by atoms with Crippen molar-refractivity contribution in [2.24, 2.45) is 11.5 Å². The number of nitrogens with two attached hydrogens (primary N) is 2. The average molecular weight is 231 g/mol. The number of primary amides is 2. The number of hydrogen-bond donors (Lipinski definition) is 2. The van der Waals surface area contributed by atoms with Gasteiger partial charge in [0.2, 0.25) is 0 Å². The van der Waals surface area contributed by atoms with Crippen molar-refractivity contribution in [1.82, 2.24) is 14.8 Å². The summed E-state index contributed by atoms with van der Waals surface area (Å²) in [5, 5.41) is 3.88. The van der Waals surface area contributed by atoms with Crippen LogP contribution in [0.25, 0.3) is 5.82 Å². The third-order valence-corrected chi connectivity index (χ3v) is 2.08. The SMILES string of the molecule is NC(=O)c1cc(C(N)=O)n(-c2ccccn2)n1. The number of carbonyl (C=O) groups is 2. The van der Waals surface area contributed by atoms with Gasteiger partial charge in [-0.25, -0.2) is 9.67 Å². The molecule has 2 aromatic rings. The number of aromatic nitrogens is 3. The van der Waals surface area contributed by atoms with E-state index in [1.54, 1.807) is 18.2 Å². The van der Waals surface area contributed by atoms with Crippen molar-refractivity contribution in [1.29, 1.82) is 0 Å². The van der Waals surface area contributed by atoms with E-state index in [1.807, 2.05) is 0 Å². The molecular formula is C10H9N5O2. The first-order chi connectivity index (χ1) is 8.09. The maximum absolute atomic E-state index is 11.2. The molecular weight excluding hydrogens is 222 g/mol. The molecule has 2 aromatic heterocycles. The molecule has 0 saturated heterocycles. The summed E-state index contributed by atoms with van der Waals surface area (Å²) in [5.74, 6) is -1.06. The van der Waals surface area contributed by atoms with Gasteiger partial charge in [0.05, 0.1) is 0 Å². The van der Waals surface area contributed by atoms with Crippen LogP contribution in [-0.4, -0.2) is 26.6 Å². The van der Waals surface area contributed by atoms with Crippen molar-refractivity contribution in [3.8, 4) is 5.82 Å². The minimum absolute atomic E-state index is 0.0375. The quantitative estimate of drug-likeness (QED) is 0.737. The van der Waals surface area contributed by atoms with E-state index >= 15 is 0 Å². The fraction of sp³-hybridized carbons (Fsp3) is 0. The smallest absolute Gasteiger partial charge is 0.269 e. The Bertz CT molecular complexity index is 576. The monoisotopic (exact) mass is 231 g/mol. The van der Waals surface area contributed by atoms with Crippen LogP contribution in [0.5, 0.6) is 0 Å². The molecule has 0 unspecified atom stereocenters. The number of carbonyl (C=O) groups excluding carboxylic acids is 2. The van der Waals surface area contributed by atoms with E-state index in [0.717, 1.165) is 0 Å². The molecule has 0 saturated carbocycles. The normalized spacial score (nSPS) is 10.1. The second kappa shape index (κ2) is 4.05. The van der Waals surface area contributed by atoms with Crippen molar-refractivity contribution >= 4 is 11.8 Å². The van der Waals surface area contributed by atoms with Gasteiger partial charge in [-0.15, -0.1) is 0 Å². The van der Waals surface area contributed by atoms with E-state index < -0.39 is 11.8 Å². The zero-order valence-corrected chi connectivity index (χ0v) is 8.70. The van der Waals surface area contributed by atoms with Crippen LogP contribution in [0, 0.1) is 0 Å². The van der Waals surface area contributed by atoms with Crippen LogP contribution in [-0.2, 0) is 0 Å². The molecule has 0 radical (unpaired) electrons. The summed E-state index contributed by atoms with van der Waals surface area (Å²) in [6.45, 7) is 0. The Balaban J connectivity index is 2.60. The summed E-state index contributed by atoms with van der Waals surface area (Å²) in [5.41, 5.74) is 10.3. The van der Waals surface area contributed by atoms with Gasteiger partial charge in [0.15, 0.2) is 11.5 Å². The number of amides is 2. The van der Waals surface area contributed by atoms with E-state index in [2.05, 4.69) is 10.1 Å². The van der Waals surface area contributed by atoms with Crippen LogP contribution in [0.4, 0.5) is 0 Å². The van der Waals surface area contributed by atoms with Crippen LogP contribution in [0.15, 0.2) is 30.5 Å². The predicted molar refractivity (Wildman–Crippen MR) is 58.4 cm³/mol. The zero-order valence-electron chi connectivity index (χ0n) is 8.70. The summed E-state index contributed by atoms with van der Waals surface area (Å²) in [7, 11) is 0. The summed E-state index contributed by atoms with van der Waals surface area (Å²) < 4.78 is 1.18. The van der Waals surface area contributed by atoms with E-state index in [1.165, 1.54) is 16.9 Å². The minimum Gasteiger partial charge on any atom is -0.364 e. The highest BCUT2D eigenvalue weighted by Gasteiger charge is 2.17. The van der Waals surface area contributed by atoms with Crippen molar-refractivity contribution in [2.45, 2.75) is 0 Å². The lowest BCUT2D eigenvalue weighted by atomic mass is 10.3. The molecule has 0 aromatic carbocycles. The van der Waals surface area contributed by atoms with Crippen LogP contribution >= 0.6 is 0 Å². The molecule has 0 fully saturated rings. The van der Waals surface area contributed by atoms with Gasteiger partial charge in [-0.1, -0.05) is 6.07 Å². The highest BCUT2D eigenvalue weighted by Crippen LogP contribution is 2.09. The Morgan fingerprint density at radius 3 is 2.47 bits per heavy atom. The number of nitrogens with zero attached hydrogens (tertiary/aromatic N) is 3. The maximum Gasteiger partial charge on any atom is 0.269 e. The van der Waals surface area contributed by atoms with Crippen molar-refractivity contribution in [3.05, 3.63) is 41.9 Å². The van der Waals surface area contributed by atoms with Gasteiger partial charge in [0, 0.05) is 12.3 Å². The zero-order chi connectivity index (χ0) is 12.4. The molecule has 0 spiro atoms. The predicted octanol–water partition coefficient (Wildman–Crippen LogP) is -0.535. The average Bonchev–Trinajstić information content (AvgIpc) is 2.75. The largest absolute Gasteiger partial charge is 0.364 e. The Labute approximate surface area is 96.0 Å². The molecule has 7 nitrogen and oxygen atoms in total. The summed E-state index contributed by atoms with van der Waals surface area (Å²) in [6, 6.07) is 6.30. The Kier molecular flexibility index (Phi) is 2.57. The summed E-state index contributed by atoms with van der Waals surface area (Å²) in [6.07, 6.45) is 1.53. The number of rotatable bonds is 3. The molecule has 0 aliphatic rings. The van der Waals surface area contributed by atoms with Gasteiger partial charge in [0.1, 0.15) is 5.69 Å². The number of hydrogen-bond acceptors (Lipinski definition) is 4. The molecule has 7 heteroatoms. The molecule has 0 aliphatic heterocycles. The highest BCUT2D eigenvalue weighted by molar-refractivity contribution is 5.96. The lowest BCUT2D eigenvalue weighted by Gasteiger charge is -2.02. The minimum atomic E-state index is -0.734. The first kappa shape index (κ1) is 10.8. The van der Waals surface area contributed by atoms with Crippen LogP contribution < -0.4 is 11.5 Å².